The van der Waals surface area contributed by atoms with Gasteiger partial charge in [0.15, 0.2) is 18.2 Å². The average Bonchev–Trinajstić information content (AvgIpc) is 2.62. The highest BCUT2D eigenvalue weighted by Crippen LogP contribution is 2.12. The van der Waals surface area contributed by atoms with E-state index in [4.69, 9.17) is 9.47 Å². The summed E-state index contributed by atoms with van der Waals surface area (Å²) in [6.45, 7) is 2.41. The topological polar surface area (TPSA) is 84.9 Å². The number of ether oxygens (including phenoxy) is 2. The Morgan fingerprint density at radius 2 is 1.85 bits per heavy atom. The number of carbonyl (C=O) groups excluding carboxylic acids is 3. The van der Waals surface area contributed by atoms with E-state index in [1.54, 1.807) is 11.8 Å². The lowest BCUT2D eigenvalue weighted by Crippen LogP contribution is -2.47. The van der Waals surface area contributed by atoms with Gasteiger partial charge in [-0.2, -0.15) is 0 Å². The number of hydrogen-bond donors (Lipinski definition) is 1. The molecule has 2 amide bonds. The van der Waals surface area contributed by atoms with Crippen LogP contribution in [0, 0.1) is 11.6 Å². The first kappa shape index (κ1) is 19.6. The summed E-state index contributed by atoms with van der Waals surface area (Å²) in [7, 11) is 0. The number of halogens is 2. The van der Waals surface area contributed by atoms with Crippen molar-refractivity contribution < 1.29 is 32.6 Å². The molecule has 1 heterocycles. The maximum Gasteiger partial charge on any atom is 0.409 e. The van der Waals surface area contributed by atoms with Crippen LogP contribution in [0.4, 0.5) is 13.6 Å². The summed E-state index contributed by atoms with van der Waals surface area (Å²) >= 11 is 0. The van der Waals surface area contributed by atoms with Gasteiger partial charge in [-0.1, -0.05) is 0 Å². The summed E-state index contributed by atoms with van der Waals surface area (Å²) in [6.07, 6.45) is 0.737. The zero-order chi connectivity index (χ0) is 19.1. The lowest BCUT2D eigenvalue weighted by Gasteiger charge is -2.31. The van der Waals surface area contributed by atoms with Crippen molar-refractivity contribution in [3.63, 3.8) is 0 Å². The molecule has 1 saturated heterocycles. The van der Waals surface area contributed by atoms with Gasteiger partial charge in [-0.3, -0.25) is 4.79 Å². The van der Waals surface area contributed by atoms with Crippen LogP contribution in [0.1, 0.15) is 30.1 Å². The van der Waals surface area contributed by atoms with Crippen LogP contribution < -0.4 is 5.32 Å². The molecule has 0 aliphatic carbocycles. The van der Waals surface area contributed by atoms with Gasteiger partial charge in [0, 0.05) is 19.1 Å². The molecule has 9 heteroatoms. The van der Waals surface area contributed by atoms with Crippen LogP contribution in [0.25, 0.3) is 0 Å². The second-order valence-electron chi connectivity index (χ2n) is 5.73. The smallest absolute Gasteiger partial charge is 0.409 e. The first-order valence-electron chi connectivity index (χ1n) is 8.24. The molecule has 2 rings (SSSR count). The standard InChI is InChI=1S/C17H20F2N2O5/c1-2-25-17(24)21-7-5-12(6-8-21)20-15(22)10-26-16(23)11-3-4-13(18)14(19)9-11/h3-4,9,12H,2,5-8,10H2,1H3,(H,20,22). The molecule has 0 aromatic heterocycles. The van der Waals surface area contributed by atoms with Crippen molar-refractivity contribution in [1.29, 1.82) is 0 Å². The van der Waals surface area contributed by atoms with E-state index in [1.165, 1.54) is 0 Å². The third kappa shape index (κ3) is 5.40. The first-order chi connectivity index (χ1) is 12.4. The fourth-order valence-electron chi connectivity index (χ4n) is 2.53. The highest BCUT2D eigenvalue weighted by atomic mass is 19.2. The number of rotatable bonds is 5. The Morgan fingerprint density at radius 3 is 2.46 bits per heavy atom. The molecule has 1 N–H and O–H groups in total. The maximum absolute atomic E-state index is 13.1. The Morgan fingerprint density at radius 1 is 1.15 bits per heavy atom. The van der Waals surface area contributed by atoms with Crippen molar-refractivity contribution in [3.8, 4) is 0 Å². The number of hydrogen-bond acceptors (Lipinski definition) is 5. The molecule has 1 aromatic rings. The number of nitrogens with zero attached hydrogens (tertiary/aromatic N) is 1. The number of carbonyl (C=O) groups is 3. The van der Waals surface area contributed by atoms with E-state index >= 15 is 0 Å². The summed E-state index contributed by atoms with van der Waals surface area (Å²) in [5, 5.41) is 2.71. The van der Waals surface area contributed by atoms with Crippen molar-refractivity contribution in [1.82, 2.24) is 10.2 Å². The maximum atomic E-state index is 13.1. The van der Waals surface area contributed by atoms with E-state index in [0.717, 1.165) is 12.1 Å². The van der Waals surface area contributed by atoms with Crippen LogP contribution in [-0.4, -0.2) is 55.2 Å². The number of likely N-dealkylation sites (tertiary alicyclic amines) is 1. The van der Waals surface area contributed by atoms with Gasteiger partial charge in [-0.05, 0) is 38.0 Å². The largest absolute Gasteiger partial charge is 0.452 e. The summed E-state index contributed by atoms with van der Waals surface area (Å²) in [4.78, 5) is 36.8. The molecule has 0 atom stereocenters. The summed E-state index contributed by atoms with van der Waals surface area (Å²) in [6, 6.07) is 2.45. The van der Waals surface area contributed by atoms with Gasteiger partial charge >= 0.3 is 12.1 Å². The lowest BCUT2D eigenvalue weighted by atomic mass is 10.1. The van der Waals surface area contributed by atoms with Crippen LogP contribution in [0.5, 0.6) is 0 Å². The quantitative estimate of drug-likeness (QED) is 0.800. The number of piperidine rings is 1. The van der Waals surface area contributed by atoms with Crippen LogP contribution in [0.15, 0.2) is 18.2 Å². The van der Waals surface area contributed by atoms with Crippen molar-refractivity contribution in [2.24, 2.45) is 0 Å². The minimum atomic E-state index is -1.17. The highest BCUT2D eigenvalue weighted by Gasteiger charge is 2.24. The first-order valence-corrected chi connectivity index (χ1v) is 8.24. The molecule has 0 unspecified atom stereocenters. The molecule has 1 aromatic carbocycles. The van der Waals surface area contributed by atoms with E-state index in [-0.39, 0.29) is 17.7 Å². The van der Waals surface area contributed by atoms with Crippen LogP contribution in [0.3, 0.4) is 0 Å². The van der Waals surface area contributed by atoms with E-state index in [1.807, 2.05) is 0 Å². The molecule has 0 spiro atoms. The second-order valence-corrected chi connectivity index (χ2v) is 5.73. The number of amides is 2. The van der Waals surface area contributed by atoms with E-state index in [0.29, 0.717) is 38.6 Å². The molecule has 0 radical (unpaired) electrons. The van der Waals surface area contributed by atoms with Gasteiger partial charge in [0.1, 0.15) is 0 Å². The zero-order valence-electron chi connectivity index (χ0n) is 14.3. The van der Waals surface area contributed by atoms with Crippen molar-refractivity contribution in [2.45, 2.75) is 25.8 Å². The minimum absolute atomic E-state index is 0.143. The normalized spacial score (nSPS) is 14.7. The summed E-state index contributed by atoms with van der Waals surface area (Å²) in [5.74, 6) is -3.67. The Labute approximate surface area is 149 Å². The van der Waals surface area contributed by atoms with E-state index in [2.05, 4.69) is 5.32 Å². The number of esters is 1. The lowest BCUT2D eigenvalue weighted by molar-refractivity contribution is -0.125. The van der Waals surface area contributed by atoms with Gasteiger partial charge in [0.2, 0.25) is 0 Å². The highest BCUT2D eigenvalue weighted by molar-refractivity contribution is 5.91. The van der Waals surface area contributed by atoms with Gasteiger partial charge in [0.05, 0.1) is 12.2 Å². The molecule has 1 aliphatic heterocycles. The monoisotopic (exact) mass is 370 g/mol. The van der Waals surface area contributed by atoms with Crippen LogP contribution in [0.2, 0.25) is 0 Å². The van der Waals surface area contributed by atoms with Gasteiger partial charge < -0.3 is 19.7 Å². The Kier molecular flexibility index (Phi) is 6.88. The minimum Gasteiger partial charge on any atom is -0.452 e. The number of benzene rings is 1. The third-order valence-electron chi connectivity index (χ3n) is 3.88. The van der Waals surface area contributed by atoms with Crippen molar-refractivity contribution >= 4 is 18.0 Å². The molecule has 1 fully saturated rings. The van der Waals surface area contributed by atoms with Crippen molar-refractivity contribution in [3.05, 3.63) is 35.4 Å². The van der Waals surface area contributed by atoms with Gasteiger partial charge in [-0.25, -0.2) is 18.4 Å². The molecule has 1 aliphatic rings. The average molecular weight is 370 g/mol. The molecule has 7 nitrogen and oxygen atoms in total. The van der Waals surface area contributed by atoms with Gasteiger partial charge in [-0.15, -0.1) is 0 Å². The van der Waals surface area contributed by atoms with Gasteiger partial charge in [0.25, 0.3) is 5.91 Å². The summed E-state index contributed by atoms with van der Waals surface area (Å²) in [5.41, 5.74) is -0.181. The second kappa shape index (κ2) is 9.12. The predicted octanol–water partition coefficient (Wildman–Crippen LogP) is 1.86. The zero-order valence-corrected chi connectivity index (χ0v) is 14.3. The Hall–Kier alpha value is -2.71. The van der Waals surface area contributed by atoms with Crippen LogP contribution in [-0.2, 0) is 14.3 Å². The third-order valence-corrected chi connectivity index (χ3v) is 3.88. The fraction of sp³-hybridized carbons (Fsp3) is 0.471. The molecular formula is C17H20F2N2O5. The van der Waals surface area contributed by atoms with E-state index in [9.17, 15) is 23.2 Å². The summed E-state index contributed by atoms with van der Waals surface area (Å²) < 4.78 is 35.6. The Bertz CT molecular complexity index is 675. The van der Waals surface area contributed by atoms with Crippen LogP contribution >= 0.6 is 0 Å². The molecule has 0 saturated carbocycles. The molecular weight excluding hydrogens is 350 g/mol. The Balaban J connectivity index is 1.73. The molecule has 0 bridgehead atoms. The van der Waals surface area contributed by atoms with Crippen molar-refractivity contribution in [2.75, 3.05) is 26.3 Å². The molecule has 26 heavy (non-hydrogen) atoms. The fourth-order valence-corrected chi connectivity index (χ4v) is 2.53. The van der Waals surface area contributed by atoms with E-state index < -0.39 is 30.1 Å². The predicted molar refractivity (Wildman–Crippen MR) is 86.4 cm³/mol. The SMILES string of the molecule is CCOC(=O)N1CCC(NC(=O)COC(=O)c2ccc(F)c(F)c2)CC1. The molecule has 142 valence electrons. The number of nitrogens with one attached hydrogen (secondary N) is 1.